The van der Waals surface area contributed by atoms with E-state index in [1.165, 1.54) is 4.57 Å². The summed E-state index contributed by atoms with van der Waals surface area (Å²) in [5.74, 6) is -0.363. The van der Waals surface area contributed by atoms with Gasteiger partial charge in [-0.15, -0.1) is 0 Å². The number of fused-ring (bicyclic) bond motifs is 1. The number of aryl methyl sites for hydroxylation is 1. The summed E-state index contributed by atoms with van der Waals surface area (Å²) in [6.07, 6.45) is 0.760. The summed E-state index contributed by atoms with van der Waals surface area (Å²) in [7, 11) is 1.68. The van der Waals surface area contributed by atoms with Crippen molar-refractivity contribution in [2.75, 3.05) is 6.54 Å². The maximum atomic E-state index is 11.4. The Balaban J connectivity index is 2.07. The Morgan fingerprint density at radius 1 is 1.42 bits per heavy atom. The van der Waals surface area contributed by atoms with E-state index in [9.17, 15) is 4.79 Å². The number of H-pyrrole nitrogens is 1. The monoisotopic (exact) mass is 258 g/mol. The van der Waals surface area contributed by atoms with Crippen LogP contribution in [0.3, 0.4) is 0 Å². The molecule has 0 unspecified atom stereocenters. The lowest BCUT2D eigenvalue weighted by molar-refractivity contribution is 0.528. The van der Waals surface area contributed by atoms with E-state index in [0.29, 0.717) is 12.1 Å². The maximum Gasteiger partial charge on any atom is 0.419 e. The highest BCUT2D eigenvalue weighted by Gasteiger charge is 2.09. The standard InChI is InChI=1S/C13H14N4O2/c1-17-11-3-2-8(6-12(11)19-13(17)18)10-7-9(4-5-14)15-16-10/h2-3,6-7H,4-5,14H2,1H3,(H,15,16). The van der Waals surface area contributed by atoms with Gasteiger partial charge >= 0.3 is 5.76 Å². The van der Waals surface area contributed by atoms with Crippen LogP contribution in [-0.2, 0) is 13.5 Å². The number of nitrogens with zero attached hydrogens (tertiary/aromatic N) is 2. The van der Waals surface area contributed by atoms with Gasteiger partial charge in [0.15, 0.2) is 5.58 Å². The van der Waals surface area contributed by atoms with E-state index in [-0.39, 0.29) is 5.76 Å². The van der Waals surface area contributed by atoms with Gasteiger partial charge in [0, 0.05) is 24.7 Å². The highest BCUT2D eigenvalue weighted by molar-refractivity contribution is 5.79. The van der Waals surface area contributed by atoms with Gasteiger partial charge in [0.25, 0.3) is 0 Å². The van der Waals surface area contributed by atoms with Gasteiger partial charge in [0.2, 0.25) is 0 Å². The zero-order valence-corrected chi connectivity index (χ0v) is 10.5. The molecule has 98 valence electrons. The predicted molar refractivity (Wildman–Crippen MR) is 71.8 cm³/mol. The number of aromatic nitrogens is 3. The van der Waals surface area contributed by atoms with Crippen LogP contribution in [0.1, 0.15) is 5.69 Å². The largest absolute Gasteiger partial charge is 0.419 e. The third kappa shape index (κ3) is 1.96. The van der Waals surface area contributed by atoms with Gasteiger partial charge in [-0.2, -0.15) is 5.10 Å². The number of hydrogen-bond acceptors (Lipinski definition) is 4. The average molecular weight is 258 g/mol. The van der Waals surface area contributed by atoms with Crippen molar-refractivity contribution in [2.45, 2.75) is 6.42 Å². The van der Waals surface area contributed by atoms with Crippen LogP contribution in [-0.4, -0.2) is 21.3 Å². The third-order valence-corrected chi connectivity index (χ3v) is 3.13. The van der Waals surface area contributed by atoms with Gasteiger partial charge in [-0.25, -0.2) is 4.79 Å². The van der Waals surface area contributed by atoms with E-state index in [2.05, 4.69) is 10.2 Å². The van der Waals surface area contributed by atoms with Crippen molar-refractivity contribution in [1.29, 1.82) is 0 Å². The zero-order chi connectivity index (χ0) is 13.4. The zero-order valence-electron chi connectivity index (χ0n) is 10.5. The van der Waals surface area contributed by atoms with E-state index < -0.39 is 0 Å². The fourth-order valence-corrected chi connectivity index (χ4v) is 2.09. The molecule has 2 heterocycles. The lowest BCUT2D eigenvalue weighted by Gasteiger charge is -1.96. The van der Waals surface area contributed by atoms with Gasteiger partial charge in [-0.3, -0.25) is 9.67 Å². The van der Waals surface area contributed by atoms with Crippen molar-refractivity contribution >= 4 is 11.1 Å². The predicted octanol–water partition coefficient (Wildman–Crippen LogP) is 1.02. The van der Waals surface area contributed by atoms with Crippen LogP contribution in [0.5, 0.6) is 0 Å². The van der Waals surface area contributed by atoms with Crippen LogP contribution in [0, 0.1) is 0 Å². The fraction of sp³-hybridized carbons (Fsp3) is 0.231. The molecule has 2 aromatic heterocycles. The Kier molecular flexibility index (Phi) is 2.72. The normalized spacial score (nSPS) is 11.3. The van der Waals surface area contributed by atoms with Crippen LogP contribution in [0.25, 0.3) is 22.4 Å². The minimum Gasteiger partial charge on any atom is -0.408 e. The lowest BCUT2D eigenvalue weighted by Crippen LogP contribution is -2.08. The highest BCUT2D eigenvalue weighted by atomic mass is 16.4. The summed E-state index contributed by atoms with van der Waals surface area (Å²) in [4.78, 5) is 11.4. The summed E-state index contributed by atoms with van der Waals surface area (Å²) >= 11 is 0. The van der Waals surface area contributed by atoms with E-state index in [1.807, 2.05) is 24.3 Å². The Hall–Kier alpha value is -2.34. The molecule has 0 aliphatic rings. The molecule has 0 saturated carbocycles. The number of aromatic amines is 1. The molecule has 0 aliphatic carbocycles. The molecule has 0 bridgehead atoms. The molecule has 6 nitrogen and oxygen atoms in total. The van der Waals surface area contributed by atoms with Gasteiger partial charge in [-0.1, -0.05) is 6.07 Å². The van der Waals surface area contributed by atoms with Crippen LogP contribution in [0.4, 0.5) is 0 Å². The van der Waals surface area contributed by atoms with Crippen molar-refractivity contribution in [1.82, 2.24) is 14.8 Å². The number of oxazole rings is 1. The molecule has 0 spiro atoms. The Morgan fingerprint density at radius 2 is 2.26 bits per heavy atom. The van der Waals surface area contributed by atoms with Crippen LogP contribution in [0.2, 0.25) is 0 Å². The fourth-order valence-electron chi connectivity index (χ4n) is 2.09. The number of nitrogens with one attached hydrogen (secondary N) is 1. The van der Waals surface area contributed by atoms with Gasteiger partial charge in [-0.05, 0) is 24.7 Å². The SMILES string of the molecule is Cn1c(=O)oc2cc(-c3cc(CCN)[nH]n3)ccc21. The number of hydrogen-bond donors (Lipinski definition) is 2. The molecular formula is C13H14N4O2. The van der Waals surface area contributed by atoms with Crippen molar-refractivity contribution < 1.29 is 4.42 Å². The molecule has 0 radical (unpaired) electrons. The number of rotatable bonds is 3. The molecule has 19 heavy (non-hydrogen) atoms. The molecule has 3 rings (SSSR count). The molecule has 1 aromatic carbocycles. The van der Waals surface area contributed by atoms with Gasteiger partial charge in [0.1, 0.15) is 0 Å². The molecule has 0 amide bonds. The second kappa shape index (κ2) is 4.40. The van der Waals surface area contributed by atoms with Crippen LogP contribution in [0.15, 0.2) is 33.5 Å². The average Bonchev–Trinajstić information content (AvgIpc) is 2.96. The van der Waals surface area contributed by atoms with Crippen molar-refractivity contribution in [2.24, 2.45) is 12.8 Å². The second-order valence-electron chi connectivity index (χ2n) is 4.43. The van der Waals surface area contributed by atoms with E-state index >= 15 is 0 Å². The second-order valence-corrected chi connectivity index (χ2v) is 4.43. The van der Waals surface area contributed by atoms with Crippen molar-refractivity contribution in [3.63, 3.8) is 0 Å². The summed E-state index contributed by atoms with van der Waals surface area (Å²) < 4.78 is 6.64. The first-order chi connectivity index (χ1) is 9.19. The summed E-state index contributed by atoms with van der Waals surface area (Å²) in [5, 5.41) is 7.18. The van der Waals surface area contributed by atoms with Crippen molar-refractivity contribution in [3.05, 3.63) is 40.5 Å². The summed E-state index contributed by atoms with van der Waals surface area (Å²) in [5.41, 5.74) is 9.55. The lowest BCUT2D eigenvalue weighted by atomic mass is 10.1. The van der Waals surface area contributed by atoms with Gasteiger partial charge in [0.05, 0.1) is 11.2 Å². The number of nitrogens with two attached hydrogens (primary N) is 1. The quantitative estimate of drug-likeness (QED) is 0.734. The minimum absolute atomic E-state index is 0.363. The molecule has 3 N–H and O–H groups in total. The molecule has 3 aromatic rings. The Bertz CT molecular complexity index is 781. The van der Waals surface area contributed by atoms with Gasteiger partial charge < -0.3 is 10.2 Å². The Labute approximate surface area is 108 Å². The van der Waals surface area contributed by atoms with E-state index in [4.69, 9.17) is 10.2 Å². The van der Waals surface area contributed by atoms with Crippen molar-refractivity contribution in [3.8, 4) is 11.3 Å². The Morgan fingerprint density at radius 3 is 3.05 bits per heavy atom. The summed E-state index contributed by atoms with van der Waals surface area (Å²) in [6.45, 7) is 0.578. The highest BCUT2D eigenvalue weighted by Crippen LogP contribution is 2.22. The smallest absolute Gasteiger partial charge is 0.408 e. The molecule has 6 heteroatoms. The van der Waals surface area contributed by atoms with E-state index in [0.717, 1.165) is 28.9 Å². The summed E-state index contributed by atoms with van der Waals surface area (Å²) in [6, 6.07) is 7.54. The molecule has 0 saturated heterocycles. The maximum absolute atomic E-state index is 11.4. The topological polar surface area (TPSA) is 89.8 Å². The van der Waals surface area contributed by atoms with Crippen LogP contribution >= 0.6 is 0 Å². The minimum atomic E-state index is -0.363. The molecule has 0 aliphatic heterocycles. The van der Waals surface area contributed by atoms with Crippen LogP contribution < -0.4 is 11.5 Å². The number of benzene rings is 1. The molecular weight excluding hydrogens is 244 g/mol. The first-order valence-corrected chi connectivity index (χ1v) is 6.03. The molecule has 0 fully saturated rings. The molecule has 0 atom stereocenters. The first kappa shape index (κ1) is 11.7. The van der Waals surface area contributed by atoms with E-state index in [1.54, 1.807) is 7.05 Å². The third-order valence-electron chi connectivity index (χ3n) is 3.13. The first-order valence-electron chi connectivity index (χ1n) is 6.03.